The Balaban J connectivity index is 1.99. The van der Waals surface area contributed by atoms with E-state index >= 15 is 0 Å². The van der Waals surface area contributed by atoms with E-state index in [2.05, 4.69) is 24.2 Å². The van der Waals surface area contributed by atoms with E-state index in [1.54, 1.807) is 0 Å². The number of esters is 1. The van der Waals surface area contributed by atoms with Gasteiger partial charge in [0.2, 0.25) is 0 Å². The van der Waals surface area contributed by atoms with Gasteiger partial charge in [0, 0.05) is 25.2 Å². The molecule has 5 nitrogen and oxygen atoms in total. The van der Waals surface area contributed by atoms with Gasteiger partial charge >= 0.3 is 5.97 Å². The van der Waals surface area contributed by atoms with Crippen molar-refractivity contribution >= 4 is 5.97 Å². The smallest absolute Gasteiger partial charge is 0.327 e. The van der Waals surface area contributed by atoms with Crippen LogP contribution < -0.4 is 5.32 Å². The Morgan fingerprint density at radius 2 is 2.16 bits per heavy atom. The monoisotopic (exact) mass is 270 g/mol. The number of nitrogens with zero attached hydrogens (tertiary/aromatic N) is 1. The van der Waals surface area contributed by atoms with Crippen LogP contribution >= 0.6 is 0 Å². The average molecular weight is 270 g/mol. The van der Waals surface area contributed by atoms with Crippen molar-refractivity contribution in [2.45, 2.75) is 56.8 Å². The number of carbonyl (C=O) groups excluding carboxylic acids is 1. The number of methoxy groups -OCH3 is 1. The van der Waals surface area contributed by atoms with Crippen LogP contribution in [-0.2, 0) is 14.3 Å². The SMILES string of the molecule is COC(=O)C(C)(CN(C)C1CCOC1C)NC1CC1. The first-order chi connectivity index (χ1) is 8.96. The minimum Gasteiger partial charge on any atom is -0.468 e. The molecule has 3 unspecified atom stereocenters. The predicted octanol–water partition coefficient (Wildman–Crippen LogP) is 0.779. The summed E-state index contributed by atoms with van der Waals surface area (Å²) in [7, 11) is 3.52. The van der Waals surface area contributed by atoms with Gasteiger partial charge in [-0.1, -0.05) is 0 Å². The molecule has 2 aliphatic rings. The zero-order valence-electron chi connectivity index (χ0n) is 12.4. The first-order valence-electron chi connectivity index (χ1n) is 7.14. The zero-order valence-corrected chi connectivity index (χ0v) is 12.4. The topological polar surface area (TPSA) is 50.8 Å². The average Bonchev–Trinajstić information content (AvgIpc) is 3.06. The highest BCUT2D eigenvalue weighted by Gasteiger charge is 2.42. The number of ether oxygens (including phenoxy) is 2. The molecule has 0 aromatic heterocycles. The van der Waals surface area contributed by atoms with Crippen molar-refractivity contribution in [1.29, 1.82) is 0 Å². The quantitative estimate of drug-likeness (QED) is 0.723. The number of hydrogen-bond donors (Lipinski definition) is 1. The van der Waals surface area contributed by atoms with Gasteiger partial charge < -0.3 is 9.47 Å². The highest BCUT2D eigenvalue weighted by Crippen LogP contribution is 2.25. The van der Waals surface area contributed by atoms with Crippen molar-refractivity contribution in [3.05, 3.63) is 0 Å². The number of likely N-dealkylation sites (N-methyl/N-ethyl adjacent to an activating group) is 1. The van der Waals surface area contributed by atoms with Gasteiger partial charge in [-0.15, -0.1) is 0 Å². The Morgan fingerprint density at radius 3 is 2.63 bits per heavy atom. The summed E-state index contributed by atoms with van der Waals surface area (Å²) in [6, 6.07) is 0.847. The molecule has 0 aromatic carbocycles. The molecular weight excluding hydrogens is 244 g/mol. The summed E-state index contributed by atoms with van der Waals surface area (Å²) in [4.78, 5) is 14.3. The zero-order chi connectivity index (χ0) is 14.0. The summed E-state index contributed by atoms with van der Waals surface area (Å²) in [6.45, 7) is 5.49. The van der Waals surface area contributed by atoms with Crippen LogP contribution in [0.1, 0.15) is 33.1 Å². The molecule has 1 saturated heterocycles. The van der Waals surface area contributed by atoms with Gasteiger partial charge in [0.25, 0.3) is 0 Å². The molecular formula is C14H26N2O3. The second-order valence-electron chi connectivity index (χ2n) is 6.09. The van der Waals surface area contributed by atoms with Gasteiger partial charge in [0.15, 0.2) is 0 Å². The van der Waals surface area contributed by atoms with E-state index in [1.165, 1.54) is 7.11 Å². The molecule has 110 valence electrons. The number of hydrogen-bond acceptors (Lipinski definition) is 5. The van der Waals surface area contributed by atoms with Crippen molar-refractivity contribution in [2.24, 2.45) is 0 Å². The van der Waals surface area contributed by atoms with Crippen LogP contribution in [0.3, 0.4) is 0 Å². The van der Waals surface area contributed by atoms with E-state index in [9.17, 15) is 4.79 Å². The fraction of sp³-hybridized carbons (Fsp3) is 0.929. The molecule has 0 spiro atoms. The van der Waals surface area contributed by atoms with E-state index in [0.717, 1.165) is 25.9 Å². The van der Waals surface area contributed by atoms with Crippen LogP contribution in [-0.4, -0.2) is 61.9 Å². The molecule has 1 aliphatic carbocycles. The van der Waals surface area contributed by atoms with Crippen molar-refractivity contribution in [3.8, 4) is 0 Å². The molecule has 0 aromatic rings. The lowest BCUT2D eigenvalue weighted by Crippen LogP contribution is -2.59. The highest BCUT2D eigenvalue weighted by atomic mass is 16.5. The molecule has 0 amide bonds. The molecule has 3 atom stereocenters. The molecule has 0 bridgehead atoms. The second-order valence-corrected chi connectivity index (χ2v) is 6.09. The summed E-state index contributed by atoms with van der Waals surface area (Å²) in [5, 5.41) is 3.43. The Bertz CT molecular complexity index is 333. The Morgan fingerprint density at radius 1 is 1.47 bits per heavy atom. The normalized spacial score (nSPS) is 30.4. The van der Waals surface area contributed by atoms with Gasteiger partial charge in [-0.05, 0) is 40.2 Å². The minimum absolute atomic E-state index is 0.183. The maximum atomic E-state index is 12.1. The molecule has 2 fully saturated rings. The van der Waals surface area contributed by atoms with Crippen LogP contribution in [0.4, 0.5) is 0 Å². The molecule has 2 rings (SSSR count). The maximum Gasteiger partial charge on any atom is 0.327 e. The van der Waals surface area contributed by atoms with E-state index in [-0.39, 0.29) is 12.1 Å². The second kappa shape index (κ2) is 5.77. The molecule has 1 heterocycles. The molecule has 1 N–H and O–H groups in total. The minimum atomic E-state index is -0.632. The largest absolute Gasteiger partial charge is 0.468 e. The summed E-state index contributed by atoms with van der Waals surface area (Å²) in [6.07, 6.45) is 3.56. The first-order valence-corrected chi connectivity index (χ1v) is 7.14. The van der Waals surface area contributed by atoms with Gasteiger partial charge in [-0.25, -0.2) is 0 Å². The molecule has 1 aliphatic heterocycles. The Hall–Kier alpha value is -0.650. The van der Waals surface area contributed by atoms with Crippen LogP contribution in [0.5, 0.6) is 0 Å². The Labute approximate surface area is 115 Å². The van der Waals surface area contributed by atoms with E-state index in [0.29, 0.717) is 18.6 Å². The summed E-state index contributed by atoms with van der Waals surface area (Å²) < 4.78 is 10.6. The third-order valence-corrected chi connectivity index (χ3v) is 4.20. The van der Waals surface area contributed by atoms with Gasteiger partial charge in [0.1, 0.15) is 5.54 Å². The number of carbonyl (C=O) groups is 1. The predicted molar refractivity (Wildman–Crippen MR) is 73.0 cm³/mol. The lowest BCUT2D eigenvalue weighted by atomic mass is 9.99. The lowest BCUT2D eigenvalue weighted by molar-refractivity contribution is -0.149. The summed E-state index contributed by atoms with van der Waals surface area (Å²) >= 11 is 0. The van der Waals surface area contributed by atoms with Gasteiger partial charge in [-0.2, -0.15) is 0 Å². The van der Waals surface area contributed by atoms with Crippen molar-refractivity contribution in [1.82, 2.24) is 10.2 Å². The molecule has 1 saturated carbocycles. The fourth-order valence-corrected chi connectivity index (χ4v) is 2.99. The van der Waals surface area contributed by atoms with E-state index in [4.69, 9.17) is 9.47 Å². The van der Waals surface area contributed by atoms with Crippen molar-refractivity contribution in [3.63, 3.8) is 0 Å². The van der Waals surface area contributed by atoms with E-state index < -0.39 is 5.54 Å². The van der Waals surface area contributed by atoms with Crippen LogP contribution in [0, 0.1) is 0 Å². The fourth-order valence-electron chi connectivity index (χ4n) is 2.99. The number of nitrogens with one attached hydrogen (secondary N) is 1. The summed E-state index contributed by atoms with van der Waals surface area (Å²) in [5.74, 6) is -0.183. The summed E-state index contributed by atoms with van der Waals surface area (Å²) in [5.41, 5.74) is -0.632. The molecule has 0 radical (unpaired) electrons. The molecule has 19 heavy (non-hydrogen) atoms. The standard InChI is InChI=1S/C14H26N2O3/c1-10-12(7-8-19-10)16(3)9-14(2,13(17)18-4)15-11-5-6-11/h10-12,15H,5-9H2,1-4H3. The van der Waals surface area contributed by atoms with E-state index in [1.807, 2.05) is 6.92 Å². The number of rotatable bonds is 6. The third-order valence-electron chi connectivity index (χ3n) is 4.20. The highest BCUT2D eigenvalue weighted by molar-refractivity contribution is 5.80. The van der Waals surface area contributed by atoms with Gasteiger partial charge in [-0.3, -0.25) is 15.0 Å². The third kappa shape index (κ3) is 3.46. The first kappa shape index (κ1) is 14.8. The van der Waals surface area contributed by atoms with Crippen molar-refractivity contribution in [2.75, 3.05) is 27.3 Å². The molecule has 5 heteroatoms. The van der Waals surface area contributed by atoms with Crippen LogP contribution in [0.15, 0.2) is 0 Å². The van der Waals surface area contributed by atoms with Gasteiger partial charge in [0.05, 0.1) is 13.2 Å². The lowest BCUT2D eigenvalue weighted by Gasteiger charge is -2.36. The van der Waals surface area contributed by atoms with Crippen LogP contribution in [0.2, 0.25) is 0 Å². The van der Waals surface area contributed by atoms with Crippen LogP contribution in [0.25, 0.3) is 0 Å². The van der Waals surface area contributed by atoms with Crippen molar-refractivity contribution < 1.29 is 14.3 Å². The Kier molecular flexibility index (Phi) is 4.48. The maximum absolute atomic E-state index is 12.1.